The highest BCUT2D eigenvalue weighted by atomic mass is 16.2. The number of Topliss-reactive ketones (excluding diaryl/α,β-unsaturated/α-hetero) is 1. The van der Waals surface area contributed by atoms with Crippen LogP contribution >= 0.6 is 0 Å². The summed E-state index contributed by atoms with van der Waals surface area (Å²) in [6.07, 6.45) is 10.0. The highest BCUT2D eigenvalue weighted by molar-refractivity contribution is 6.18. The summed E-state index contributed by atoms with van der Waals surface area (Å²) in [4.78, 5) is 59.5. The van der Waals surface area contributed by atoms with E-state index >= 15 is 0 Å². The Morgan fingerprint density at radius 2 is 1.94 bits per heavy atom. The fourth-order valence-electron chi connectivity index (χ4n) is 5.02. The van der Waals surface area contributed by atoms with Gasteiger partial charge in [-0.05, 0) is 32.2 Å². The van der Waals surface area contributed by atoms with Gasteiger partial charge in [0.1, 0.15) is 0 Å². The number of imide groups is 1. The number of ketones is 1. The molecule has 1 aliphatic carbocycles. The van der Waals surface area contributed by atoms with Crippen molar-refractivity contribution < 1.29 is 19.2 Å². The Morgan fingerprint density at radius 3 is 2.58 bits per heavy atom. The number of nitrogens with zero attached hydrogens (tertiary/aromatic N) is 2. The highest BCUT2D eigenvalue weighted by Crippen LogP contribution is 2.29. The molecule has 3 atom stereocenters. The third kappa shape index (κ3) is 4.40. The van der Waals surface area contributed by atoms with Crippen LogP contribution in [0.1, 0.15) is 57.1 Å². The largest absolute Gasteiger partial charge is 0.348 e. The topological polar surface area (TPSA) is 150 Å². The minimum Gasteiger partial charge on any atom is -0.348 e. The van der Waals surface area contributed by atoms with Crippen LogP contribution in [0.5, 0.6) is 0 Å². The number of β-lactam (4-membered cyclic amide) rings is 1. The maximum absolute atomic E-state index is 13.2. The van der Waals surface area contributed by atoms with Crippen LogP contribution in [0.3, 0.4) is 0 Å². The van der Waals surface area contributed by atoms with Crippen molar-refractivity contribution in [1.82, 2.24) is 25.5 Å². The molecule has 10 nitrogen and oxygen atoms in total. The highest BCUT2D eigenvalue weighted by Gasteiger charge is 2.50. The number of carbonyl (C=O) groups excluding carboxylic acids is 4. The number of aromatic nitrogens is 2. The van der Waals surface area contributed by atoms with E-state index in [0.29, 0.717) is 18.2 Å². The van der Waals surface area contributed by atoms with Gasteiger partial charge in [0.25, 0.3) is 5.91 Å². The van der Waals surface area contributed by atoms with Crippen molar-refractivity contribution in [2.75, 3.05) is 6.54 Å². The number of hydrogen-bond donors (Lipinski definition) is 4. The van der Waals surface area contributed by atoms with Crippen LogP contribution in [0.15, 0.2) is 12.5 Å². The number of rotatable bonds is 7. The van der Waals surface area contributed by atoms with Crippen molar-refractivity contribution in [3.05, 3.63) is 18.2 Å². The van der Waals surface area contributed by atoms with E-state index in [-0.39, 0.29) is 24.8 Å². The van der Waals surface area contributed by atoms with Crippen LogP contribution in [0.2, 0.25) is 0 Å². The van der Waals surface area contributed by atoms with Gasteiger partial charge in [-0.25, -0.2) is 4.98 Å². The second kappa shape index (κ2) is 8.88. The molecule has 1 saturated carbocycles. The van der Waals surface area contributed by atoms with Crippen molar-refractivity contribution in [2.24, 2.45) is 5.73 Å². The van der Waals surface area contributed by atoms with E-state index in [0.717, 1.165) is 38.6 Å². The molecule has 0 aromatic carbocycles. The molecule has 3 amide bonds. The first-order valence-electron chi connectivity index (χ1n) is 11.1. The van der Waals surface area contributed by atoms with E-state index in [4.69, 9.17) is 5.73 Å². The summed E-state index contributed by atoms with van der Waals surface area (Å²) < 4.78 is 0. The normalized spacial score (nSPS) is 26.5. The van der Waals surface area contributed by atoms with Gasteiger partial charge in [0.05, 0.1) is 24.8 Å². The average molecular weight is 431 g/mol. The molecule has 10 heteroatoms. The molecular formula is C21H30N6O4. The van der Waals surface area contributed by atoms with Gasteiger partial charge in [0.15, 0.2) is 11.3 Å². The van der Waals surface area contributed by atoms with Gasteiger partial charge < -0.3 is 16.0 Å². The van der Waals surface area contributed by atoms with E-state index in [1.807, 2.05) is 0 Å². The number of hydrogen-bond acceptors (Lipinski definition) is 7. The Morgan fingerprint density at radius 1 is 1.19 bits per heavy atom. The molecule has 2 saturated heterocycles. The van der Waals surface area contributed by atoms with E-state index in [1.165, 1.54) is 18.9 Å². The summed E-state index contributed by atoms with van der Waals surface area (Å²) in [7, 11) is 0. The molecule has 3 heterocycles. The van der Waals surface area contributed by atoms with Crippen molar-refractivity contribution >= 4 is 23.5 Å². The Labute approximate surface area is 180 Å². The molecule has 5 N–H and O–H groups in total. The van der Waals surface area contributed by atoms with Crippen molar-refractivity contribution in [2.45, 2.75) is 81.5 Å². The van der Waals surface area contributed by atoms with Crippen LogP contribution in [0.4, 0.5) is 0 Å². The summed E-state index contributed by atoms with van der Waals surface area (Å²) in [5.74, 6) is -2.12. The van der Waals surface area contributed by atoms with Crippen LogP contribution in [-0.4, -0.2) is 68.6 Å². The van der Waals surface area contributed by atoms with Gasteiger partial charge in [-0.1, -0.05) is 19.3 Å². The van der Waals surface area contributed by atoms with Gasteiger partial charge in [-0.15, -0.1) is 0 Å². The number of H-pyrrole nitrogens is 1. The monoisotopic (exact) mass is 430 g/mol. The number of nitrogens with one attached hydrogen (secondary N) is 3. The number of likely N-dealkylation sites (tertiary alicyclic amines) is 1. The molecule has 168 valence electrons. The molecule has 3 fully saturated rings. The SMILES string of the molecule is N[C@@](Cc1cnc[nH]1)(C(=O)NC(=O)[C@@H]1CCCN1C1CCCCC1)C(=O)[C@@H]1CC(=O)N1. The summed E-state index contributed by atoms with van der Waals surface area (Å²) in [5.41, 5.74) is 4.83. The Kier molecular flexibility index (Phi) is 6.19. The Bertz CT molecular complexity index is 842. The second-order valence-electron chi connectivity index (χ2n) is 8.92. The third-order valence-corrected chi connectivity index (χ3v) is 6.79. The number of amides is 3. The third-order valence-electron chi connectivity index (χ3n) is 6.79. The maximum Gasteiger partial charge on any atom is 0.254 e. The lowest BCUT2D eigenvalue weighted by Gasteiger charge is -2.36. The van der Waals surface area contributed by atoms with Gasteiger partial charge >= 0.3 is 0 Å². The predicted molar refractivity (Wildman–Crippen MR) is 111 cm³/mol. The van der Waals surface area contributed by atoms with Crippen molar-refractivity contribution in [3.8, 4) is 0 Å². The van der Waals surface area contributed by atoms with Crippen molar-refractivity contribution in [1.29, 1.82) is 0 Å². The summed E-state index contributed by atoms with van der Waals surface area (Å²) in [5, 5.41) is 4.90. The van der Waals surface area contributed by atoms with Crippen LogP contribution in [-0.2, 0) is 25.6 Å². The minimum absolute atomic E-state index is 0.0138. The first-order chi connectivity index (χ1) is 14.9. The summed E-state index contributed by atoms with van der Waals surface area (Å²) >= 11 is 0. The molecule has 0 spiro atoms. The quantitative estimate of drug-likeness (QED) is 0.338. The molecule has 1 aromatic heterocycles. The van der Waals surface area contributed by atoms with Crippen LogP contribution in [0.25, 0.3) is 0 Å². The zero-order valence-electron chi connectivity index (χ0n) is 17.6. The zero-order valence-corrected chi connectivity index (χ0v) is 17.6. The number of nitrogens with two attached hydrogens (primary N) is 1. The summed E-state index contributed by atoms with van der Waals surface area (Å²) in [6.45, 7) is 0.839. The summed E-state index contributed by atoms with van der Waals surface area (Å²) in [6, 6.07) is -0.852. The minimum atomic E-state index is -1.99. The van der Waals surface area contributed by atoms with E-state index in [9.17, 15) is 19.2 Å². The molecule has 4 rings (SSSR count). The van der Waals surface area contributed by atoms with Gasteiger partial charge in [-0.2, -0.15) is 0 Å². The molecule has 0 unspecified atom stereocenters. The Balaban J connectivity index is 1.47. The van der Waals surface area contributed by atoms with Gasteiger partial charge in [0.2, 0.25) is 11.8 Å². The molecular weight excluding hydrogens is 400 g/mol. The molecule has 1 aromatic rings. The molecule has 31 heavy (non-hydrogen) atoms. The van der Waals surface area contributed by atoms with E-state index < -0.39 is 29.2 Å². The number of carbonyl (C=O) groups is 4. The molecule has 2 aliphatic heterocycles. The second-order valence-corrected chi connectivity index (χ2v) is 8.92. The lowest BCUT2D eigenvalue weighted by Crippen LogP contribution is -2.70. The molecule has 3 aliphatic rings. The van der Waals surface area contributed by atoms with E-state index in [1.54, 1.807) is 0 Å². The zero-order chi connectivity index (χ0) is 22.0. The maximum atomic E-state index is 13.2. The first-order valence-corrected chi connectivity index (χ1v) is 11.1. The first kappa shape index (κ1) is 21.6. The lowest BCUT2D eigenvalue weighted by molar-refractivity contribution is -0.145. The fraction of sp³-hybridized carbons (Fsp3) is 0.667. The molecule has 0 radical (unpaired) electrons. The lowest BCUT2D eigenvalue weighted by atomic mass is 9.81. The van der Waals surface area contributed by atoms with Gasteiger partial charge in [0, 0.05) is 24.4 Å². The smallest absolute Gasteiger partial charge is 0.254 e. The number of aromatic amines is 1. The molecule has 0 bridgehead atoms. The fourth-order valence-corrected chi connectivity index (χ4v) is 5.02. The average Bonchev–Trinajstić information content (AvgIpc) is 3.43. The van der Waals surface area contributed by atoms with Crippen LogP contribution < -0.4 is 16.4 Å². The standard InChI is InChI=1S/C21H30N6O4/c22-21(10-13-11-23-12-24-13,18(29)15-9-17(28)25-15)20(31)26-19(30)16-7-4-8-27(16)14-5-2-1-3-6-14/h11-12,14-16H,1-10,22H2,(H,23,24)(H,25,28)(H,26,30,31)/t15-,16-,21+/m0/s1. The van der Waals surface area contributed by atoms with Gasteiger partial charge in [-0.3, -0.25) is 29.4 Å². The van der Waals surface area contributed by atoms with Crippen molar-refractivity contribution in [3.63, 3.8) is 0 Å². The number of imidazole rings is 1. The predicted octanol–water partition coefficient (Wildman–Crippen LogP) is -0.453. The van der Waals surface area contributed by atoms with Crippen LogP contribution in [0, 0.1) is 0 Å². The Hall–Kier alpha value is -2.59. The van der Waals surface area contributed by atoms with E-state index in [2.05, 4.69) is 25.5 Å².